The molecule has 44 heavy (non-hydrogen) atoms. The number of esters is 2. The first-order chi connectivity index (χ1) is 20.7. The van der Waals surface area contributed by atoms with Gasteiger partial charge in [-0.25, -0.2) is 9.59 Å². The van der Waals surface area contributed by atoms with Crippen LogP contribution in [0.4, 0.5) is 0 Å². The molecule has 8 aliphatic rings. The van der Waals surface area contributed by atoms with Crippen molar-refractivity contribution in [2.45, 2.75) is 100 Å². The van der Waals surface area contributed by atoms with E-state index in [0.717, 1.165) is 0 Å². The number of carbonyl (C=O) groups is 2. The van der Waals surface area contributed by atoms with E-state index in [1.165, 1.54) is 20.5 Å². The summed E-state index contributed by atoms with van der Waals surface area (Å²) >= 11 is 0. The van der Waals surface area contributed by atoms with Crippen molar-refractivity contribution < 1.29 is 57.7 Å². The predicted octanol–water partition coefficient (Wildman–Crippen LogP) is 1.37. The third-order valence-corrected chi connectivity index (χ3v) is 13.5. The molecule has 12 heteroatoms. The Hall–Kier alpha value is -2.06. The molecule has 4 saturated heterocycles. The molecule has 0 radical (unpaired) electrons. The molecular formula is C32H42O12. The van der Waals surface area contributed by atoms with Gasteiger partial charge in [-0.05, 0) is 39.2 Å². The van der Waals surface area contributed by atoms with Crippen LogP contribution in [0.3, 0.4) is 0 Å². The first-order valence-corrected chi connectivity index (χ1v) is 15.5. The van der Waals surface area contributed by atoms with Gasteiger partial charge in [-0.1, -0.05) is 20.4 Å². The number of rotatable bonds is 4. The van der Waals surface area contributed by atoms with Gasteiger partial charge in [0.25, 0.3) is 5.79 Å². The Morgan fingerprint density at radius 1 is 1.11 bits per heavy atom. The maximum Gasteiger partial charge on any atom is 0.366 e. The van der Waals surface area contributed by atoms with Gasteiger partial charge >= 0.3 is 11.9 Å². The van der Waals surface area contributed by atoms with Crippen molar-refractivity contribution in [2.24, 2.45) is 34.0 Å². The van der Waals surface area contributed by atoms with Crippen molar-refractivity contribution in [1.29, 1.82) is 0 Å². The second-order valence-electron chi connectivity index (χ2n) is 15.1. The smallest absolute Gasteiger partial charge is 0.366 e. The largest absolute Gasteiger partial charge is 0.469 e. The Morgan fingerprint density at radius 3 is 2.55 bits per heavy atom. The van der Waals surface area contributed by atoms with Crippen LogP contribution in [0, 0.1) is 34.0 Å². The van der Waals surface area contributed by atoms with E-state index in [2.05, 4.69) is 13.5 Å². The highest BCUT2D eigenvalue weighted by molar-refractivity contribution is 5.87. The lowest BCUT2D eigenvalue weighted by atomic mass is 9.38. The number of hydrogen-bond acceptors (Lipinski definition) is 12. The van der Waals surface area contributed by atoms with E-state index < -0.39 is 93.3 Å². The van der Waals surface area contributed by atoms with Crippen LogP contribution in [0.5, 0.6) is 0 Å². The lowest BCUT2D eigenvalue weighted by molar-refractivity contribution is -0.309. The molecule has 15 atom stereocenters. The first kappa shape index (κ1) is 29.3. The summed E-state index contributed by atoms with van der Waals surface area (Å²) in [5.74, 6) is -4.78. The Bertz CT molecular complexity index is 1380. The minimum Gasteiger partial charge on any atom is -0.469 e. The molecule has 0 aromatic rings. The van der Waals surface area contributed by atoms with Crippen molar-refractivity contribution in [3.63, 3.8) is 0 Å². The minimum absolute atomic E-state index is 0.129. The summed E-state index contributed by atoms with van der Waals surface area (Å²) in [6, 6.07) is 0. The highest BCUT2D eigenvalue weighted by Crippen LogP contribution is 2.80. The molecule has 7 fully saturated rings. The van der Waals surface area contributed by atoms with E-state index in [0.29, 0.717) is 24.8 Å². The topological polar surface area (TPSA) is 148 Å². The maximum absolute atomic E-state index is 13.9. The zero-order chi connectivity index (χ0) is 31.5. The average molecular weight is 619 g/mol. The van der Waals surface area contributed by atoms with E-state index in [4.69, 9.17) is 37.9 Å². The second-order valence-corrected chi connectivity index (χ2v) is 15.1. The average Bonchev–Trinajstić information content (AvgIpc) is 3.74. The van der Waals surface area contributed by atoms with E-state index >= 15 is 0 Å². The van der Waals surface area contributed by atoms with E-state index in [1.807, 2.05) is 13.8 Å². The molecular weight excluding hydrogens is 576 g/mol. The van der Waals surface area contributed by atoms with Gasteiger partial charge in [0.05, 0.1) is 44.9 Å². The summed E-state index contributed by atoms with van der Waals surface area (Å²) in [4.78, 5) is 26.7. The van der Waals surface area contributed by atoms with Gasteiger partial charge in [-0.2, -0.15) is 0 Å². The van der Waals surface area contributed by atoms with Gasteiger partial charge in [-0.15, -0.1) is 0 Å². The Kier molecular flexibility index (Phi) is 5.63. The molecule has 12 nitrogen and oxygen atoms in total. The van der Waals surface area contributed by atoms with Gasteiger partial charge in [-0.3, -0.25) is 0 Å². The highest BCUT2D eigenvalue weighted by atomic mass is 16.7. The SMILES string of the molecule is C=C(C)C(=O)O[C@H]1CC[C@@]23CO[C@](OC)(C(=O)OC)[C@@H]2[C@]2(C)[C@H](O[C@]4(C)[C@@H]5C[C@@H](O[C@H]6OC=C[C@@]65O)[C@]24O)[C@H]2OC[C@]1(C)[C@@H]23. The summed E-state index contributed by atoms with van der Waals surface area (Å²) in [5, 5.41) is 25.3. The van der Waals surface area contributed by atoms with Crippen LogP contribution >= 0.6 is 0 Å². The molecule has 0 amide bonds. The fourth-order valence-corrected chi connectivity index (χ4v) is 11.9. The van der Waals surface area contributed by atoms with Crippen LogP contribution in [0.2, 0.25) is 0 Å². The molecule has 5 aliphatic heterocycles. The second kappa shape index (κ2) is 8.44. The monoisotopic (exact) mass is 618 g/mol. The highest BCUT2D eigenvalue weighted by Gasteiger charge is 2.92. The molecule has 0 aromatic carbocycles. The van der Waals surface area contributed by atoms with Gasteiger partial charge in [0.15, 0.2) is 5.60 Å². The summed E-state index contributed by atoms with van der Waals surface area (Å²) in [6.07, 6.45) is 0.634. The fourth-order valence-electron chi connectivity index (χ4n) is 11.9. The van der Waals surface area contributed by atoms with Crippen molar-refractivity contribution >= 4 is 11.9 Å². The molecule has 242 valence electrons. The van der Waals surface area contributed by atoms with Gasteiger partial charge in [0, 0.05) is 46.7 Å². The van der Waals surface area contributed by atoms with Gasteiger partial charge in [0.2, 0.25) is 6.29 Å². The number of aliphatic hydroxyl groups is 2. The maximum atomic E-state index is 13.9. The van der Waals surface area contributed by atoms with Crippen LogP contribution in [0.25, 0.3) is 0 Å². The third-order valence-electron chi connectivity index (χ3n) is 13.5. The summed E-state index contributed by atoms with van der Waals surface area (Å²) < 4.78 is 49.9. The van der Waals surface area contributed by atoms with Crippen molar-refractivity contribution in [3.05, 3.63) is 24.5 Å². The predicted molar refractivity (Wildman–Crippen MR) is 147 cm³/mol. The van der Waals surface area contributed by atoms with E-state index in [9.17, 15) is 19.8 Å². The number of methoxy groups -OCH3 is 2. The number of carbonyl (C=O) groups excluding carboxylic acids is 2. The molecule has 0 unspecified atom stereocenters. The first-order valence-electron chi connectivity index (χ1n) is 15.5. The molecule has 5 heterocycles. The van der Waals surface area contributed by atoms with E-state index in [1.54, 1.807) is 13.0 Å². The van der Waals surface area contributed by atoms with Crippen molar-refractivity contribution in [3.8, 4) is 0 Å². The van der Waals surface area contributed by atoms with Crippen LogP contribution in [0.15, 0.2) is 24.5 Å². The molecule has 2 bridgehead atoms. The molecule has 8 rings (SSSR count). The zero-order valence-electron chi connectivity index (χ0n) is 26.0. The van der Waals surface area contributed by atoms with Crippen LogP contribution in [-0.4, -0.2) is 103 Å². The van der Waals surface area contributed by atoms with Gasteiger partial charge in [0.1, 0.15) is 17.3 Å². The van der Waals surface area contributed by atoms with E-state index in [-0.39, 0.29) is 19.1 Å². The molecule has 3 aliphatic carbocycles. The number of ether oxygens (including phenoxy) is 8. The Labute approximate surface area is 255 Å². The normalized spacial score (nSPS) is 58.7. The lowest BCUT2D eigenvalue weighted by Gasteiger charge is -2.64. The molecule has 1 spiro atoms. The van der Waals surface area contributed by atoms with Crippen molar-refractivity contribution in [2.75, 3.05) is 27.4 Å². The lowest BCUT2D eigenvalue weighted by Crippen LogP contribution is -2.76. The van der Waals surface area contributed by atoms with Crippen molar-refractivity contribution in [1.82, 2.24) is 0 Å². The standard InChI is InChI=1S/C32H42O12/c1-15(2)22(33)42-17-8-9-29-14-41-31(38-7,24(34)37-6)23(29)27(4)21(19-20(29)26(17,3)13-40-19)44-28(5)16-12-18(32(27,28)36)43-25-30(16,35)10-11-39-25/h10-11,16-21,23,25,35-36H,1,8-9,12-14H2,2-7H3/t16-,17-,18+,19-,20+,21+,23+,25+,26-,27-,28+,29-,30-,31-,32-/m0/s1. The summed E-state index contributed by atoms with van der Waals surface area (Å²) in [7, 11) is 2.70. The van der Waals surface area contributed by atoms with Crippen LogP contribution < -0.4 is 0 Å². The van der Waals surface area contributed by atoms with Gasteiger partial charge < -0.3 is 48.1 Å². The molecule has 3 saturated carbocycles. The summed E-state index contributed by atoms with van der Waals surface area (Å²) in [6.45, 7) is 11.6. The zero-order valence-corrected chi connectivity index (χ0v) is 26.0. The molecule has 2 N–H and O–H groups in total. The van der Waals surface area contributed by atoms with Crippen LogP contribution in [-0.2, 0) is 47.5 Å². The number of hydrogen-bond donors (Lipinski definition) is 2. The summed E-state index contributed by atoms with van der Waals surface area (Å²) in [5.41, 5.74) is -7.05. The van der Waals surface area contributed by atoms with Crippen LogP contribution in [0.1, 0.15) is 47.0 Å². The molecule has 0 aromatic heterocycles. The third kappa shape index (κ3) is 2.77. The number of fused-ring (bicyclic) bond motifs is 11. The Balaban J connectivity index is 1.34. The minimum atomic E-state index is -1.89. The fraction of sp³-hybridized carbons (Fsp3) is 0.812. The Morgan fingerprint density at radius 2 is 1.86 bits per heavy atom. The quantitative estimate of drug-likeness (QED) is 0.346.